The highest BCUT2D eigenvalue weighted by Crippen LogP contribution is 2.48. The molecule has 0 bridgehead atoms. The summed E-state index contributed by atoms with van der Waals surface area (Å²) in [6, 6.07) is 3.63. The van der Waals surface area contributed by atoms with Crippen LogP contribution in [0, 0.1) is 0 Å². The largest absolute Gasteiger partial charge is 0.455 e. The van der Waals surface area contributed by atoms with E-state index in [-0.39, 0.29) is 24.3 Å². The third-order valence-electron chi connectivity index (χ3n) is 3.44. The van der Waals surface area contributed by atoms with Crippen molar-refractivity contribution in [1.82, 2.24) is 0 Å². The summed E-state index contributed by atoms with van der Waals surface area (Å²) in [5, 5.41) is -2.51. The third-order valence-corrected chi connectivity index (χ3v) is 3.96. The Morgan fingerprint density at radius 2 is 1.81 bits per heavy atom. The zero-order valence-electron chi connectivity index (χ0n) is 10.8. The maximum Gasteiger partial charge on any atom is 0.455 e. The summed E-state index contributed by atoms with van der Waals surface area (Å²) < 4.78 is 63.5. The SMILES string of the molecule is CN1C(=O)CCc2cc(C(Cl)C(F)(F)C(F)(F)F)ccc21. The van der Waals surface area contributed by atoms with Crippen LogP contribution in [0.5, 0.6) is 0 Å². The highest BCUT2D eigenvalue weighted by atomic mass is 35.5. The van der Waals surface area contributed by atoms with E-state index in [0.29, 0.717) is 11.3 Å². The van der Waals surface area contributed by atoms with E-state index in [0.717, 1.165) is 6.07 Å². The molecular weight excluding hydrogens is 317 g/mol. The highest BCUT2D eigenvalue weighted by Gasteiger charge is 2.62. The molecule has 1 atom stereocenters. The quantitative estimate of drug-likeness (QED) is 0.592. The van der Waals surface area contributed by atoms with Crippen LogP contribution in [-0.2, 0) is 11.2 Å². The van der Waals surface area contributed by atoms with Gasteiger partial charge in [0, 0.05) is 19.2 Å². The molecule has 0 saturated carbocycles. The predicted molar refractivity (Wildman–Crippen MR) is 67.8 cm³/mol. The van der Waals surface area contributed by atoms with Gasteiger partial charge in [0.25, 0.3) is 0 Å². The van der Waals surface area contributed by atoms with Gasteiger partial charge in [-0.25, -0.2) is 0 Å². The van der Waals surface area contributed by atoms with Gasteiger partial charge in [0.05, 0.1) is 0 Å². The number of hydrogen-bond donors (Lipinski definition) is 0. The lowest BCUT2D eigenvalue weighted by Crippen LogP contribution is -2.40. The van der Waals surface area contributed by atoms with Crippen LogP contribution in [-0.4, -0.2) is 25.1 Å². The first-order valence-electron chi connectivity index (χ1n) is 6.03. The summed E-state index contributed by atoms with van der Waals surface area (Å²) in [5.41, 5.74) is 0.702. The molecule has 2 rings (SSSR count). The van der Waals surface area contributed by atoms with E-state index < -0.39 is 17.5 Å². The lowest BCUT2D eigenvalue weighted by Gasteiger charge is -2.28. The smallest absolute Gasteiger partial charge is 0.315 e. The van der Waals surface area contributed by atoms with E-state index >= 15 is 0 Å². The number of carbonyl (C=O) groups excluding carboxylic acids is 1. The van der Waals surface area contributed by atoms with Crippen molar-refractivity contribution in [2.75, 3.05) is 11.9 Å². The number of amides is 1. The Morgan fingerprint density at radius 3 is 2.38 bits per heavy atom. The Hall–Kier alpha value is -1.37. The van der Waals surface area contributed by atoms with E-state index in [4.69, 9.17) is 11.6 Å². The minimum absolute atomic E-state index is 0.140. The molecule has 0 N–H and O–H groups in total. The molecule has 2 nitrogen and oxygen atoms in total. The van der Waals surface area contributed by atoms with Crippen molar-refractivity contribution in [3.63, 3.8) is 0 Å². The lowest BCUT2D eigenvalue weighted by molar-refractivity contribution is -0.283. The van der Waals surface area contributed by atoms with Crippen molar-refractivity contribution < 1.29 is 26.7 Å². The van der Waals surface area contributed by atoms with Crippen LogP contribution in [0.1, 0.15) is 22.9 Å². The van der Waals surface area contributed by atoms with Crippen LogP contribution in [0.3, 0.4) is 0 Å². The van der Waals surface area contributed by atoms with Gasteiger partial charge in [0.2, 0.25) is 5.91 Å². The van der Waals surface area contributed by atoms with Crippen molar-refractivity contribution in [3.05, 3.63) is 29.3 Å². The van der Waals surface area contributed by atoms with E-state index in [9.17, 15) is 26.7 Å². The maximum atomic E-state index is 13.3. The number of rotatable bonds is 2. The minimum Gasteiger partial charge on any atom is -0.315 e. The average Bonchev–Trinajstić information content (AvgIpc) is 2.40. The molecule has 1 amide bonds. The van der Waals surface area contributed by atoms with Gasteiger partial charge in [-0.2, -0.15) is 22.0 Å². The molecule has 1 aliphatic rings. The molecule has 1 aromatic carbocycles. The Kier molecular flexibility index (Phi) is 3.90. The number of halogens is 6. The fourth-order valence-electron chi connectivity index (χ4n) is 2.19. The Labute approximate surface area is 122 Å². The van der Waals surface area contributed by atoms with Crippen LogP contribution >= 0.6 is 11.6 Å². The molecule has 1 heterocycles. The van der Waals surface area contributed by atoms with Crippen LogP contribution in [0.25, 0.3) is 0 Å². The number of carbonyl (C=O) groups is 1. The number of aryl methyl sites for hydroxylation is 1. The van der Waals surface area contributed by atoms with Gasteiger partial charge in [-0.05, 0) is 23.6 Å². The Balaban J connectivity index is 2.37. The second-order valence-electron chi connectivity index (χ2n) is 4.82. The first-order chi connectivity index (χ1) is 9.55. The maximum absolute atomic E-state index is 13.3. The van der Waals surface area contributed by atoms with Gasteiger partial charge in [0.15, 0.2) is 0 Å². The van der Waals surface area contributed by atoms with Crippen molar-refractivity contribution in [3.8, 4) is 0 Å². The molecular formula is C13H11ClF5NO. The molecule has 0 aromatic heterocycles. The number of nitrogens with zero attached hydrogens (tertiary/aromatic N) is 1. The van der Waals surface area contributed by atoms with Crippen molar-refractivity contribution in [1.29, 1.82) is 0 Å². The van der Waals surface area contributed by atoms with Crippen molar-refractivity contribution in [2.45, 2.75) is 30.3 Å². The number of hydrogen-bond acceptors (Lipinski definition) is 1. The molecule has 8 heteroatoms. The van der Waals surface area contributed by atoms with Crippen molar-refractivity contribution in [2.24, 2.45) is 0 Å². The number of anilines is 1. The van der Waals surface area contributed by atoms with Gasteiger partial charge in [0.1, 0.15) is 5.38 Å². The molecule has 1 unspecified atom stereocenters. The monoisotopic (exact) mass is 327 g/mol. The summed E-state index contributed by atoms with van der Waals surface area (Å²) in [6.45, 7) is 0. The van der Waals surface area contributed by atoms with E-state index in [1.165, 1.54) is 24.1 Å². The molecule has 0 aliphatic carbocycles. The van der Waals surface area contributed by atoms with Crippen LogP contribution in [0.15, 0.2) is 18.2 Å². The molecule has 0 fully saturated rings. The van der Waals surface area contributed by atoms with E-state index in [2.05, 4.69) is 0 Å². The zero-order chi connectivity index (χ0) is 16.0. The summed E-state index contributed by atoms with van der Waals surface area (Å²) >= 11 is 5.34. The second-order valence-corrected chi connectivity index (χ2v) is 5.26. The summed E-state index contributed by atoms with van der Waals surface area (Å²) in [4.78, 5) is 12.8. The summed E-state index contributed by atoms with van der Waals surface area (Å²) in [5.74, 6) is -5.17. The Bertz CT molecular complexity index is 572. The second kappa shape index (κ2) is 5.12. The molecule has 116 valence electrons. The number of alkyl halides is 6. The van der Waals surface area contributed by atoms with Gasteiger partial charge in [-0.1, -0.05) is 12.1 Å². The predicted octanol–water partition coefficient (Wildman–Crippen LogP) is 4.07. The van der Waals surface area contributed by atoms with Crippen LogP contribution in [0.2, 0.25) is 0 Å². The third kappa shape index (κ3) is 2.71. The number of benzene rings is 1. The molecule has 0 radical (unpaired) electrons. The minimum atomic E-state index is -5.72. The molecule has 1 aromatic rings. The number of fused-ring (bicyclic) bond motifs is 1. The lowest BCUT2D eigenvalue weighted by atomic mass is 9.96. The fraction of sp³-hybridized carbons (Fsp3) is 0.462. The molecule has 0 spiro atoms. The van der Waals surface area contributed by atoms with E-state index in [1.807, 2.05) is 0 Å². The van der Waals surface area contributed by atoms with Gasteiger partial charge in [-0.15, -0.1) is 11.6 Å². The van der Waals surface area contributed by atoms with Gasteiger partial charge < -0.3 is 4.90 Å². The van der Waals surface area contributed by atoms with Crippen LogP contribution < -0.4 is 4.90 Å². The normalized spacial score (nSPS) is 17.7. The average molecular weight is 328 g/mol. The summed E-state index contributed by atoms with van der Waals surface area (Å²) in [7, 11) is 1.52. The zero-order valence-corrected chi connectivity index (χ0v) is 11.6. The fourth-order valence-corrected chi connectivity index (χ4v) is 2.45. The van der Waals surface area contributed by atoms with Crippen LogP contribution in [0.4, 0.5) is 27.6 Å². The van der Waals surface area contributed by atoms with Crippen molar-refractivity contribution >= 4 is 23.2 Å². The molecule has 0 saturated heterocycles. The highest BCUT2D eigenvalue weighted by molar-refractivity contribution is 6.21. The Morgan fingerprint density at radius 1 is 1.19 bits per heavy atom. The van der Waals surface area contributed by atoms with Gasteiger partial charge in [-0.3, -0.25) is 4.79 Å². The molecule has 21 heavy (non-hydrogen) atoms. The first-order valence-corrected chi connectivity index (χ1v) is 6.47. The standard InChI is InChI=1S/C13H11ClF5NO/c1-20-9-4-2-8(6-7(9)3-5-10(20)21)11(14)12(15,16)13(17,18)19/h2,4,6,11H,3,5H2,1H3. The summed E-state index contributed by atoms with van der Waals surface area (Å²) in [6.07, 6.45) is -5.26. The van der Waals surface area contributed by atoms with Gasteiger partial charge >= 0.3 is 12.1 Å². The first kappa shape index (κ1) is 16.0. The molecule has 1 aliphatic heterocycles. The van der Waals surface area contributed by atoms with E-state index in [1.54, 1.807) is 0 Å². The topological polar surface area (TPSA) is 20.3 Å².